The molecule has 0 saturated carbocycles. The third-order valence-electron chi connectivity index (χ3n) is 4.01. The first-order valence-electron chi connectivity index (χ1n) is 6.50. The van der Waals surface area contributed by atoms with Crippen LogP contribution in [0.15, 0.2) is 0 Å². The lowest BCUT2D eigenvalue weighted by Gasteiger charge is -2.29. The molecule has 3 rings (SSSR count). The van der Waals surface area contributed by atoms with E-state index in [1.54, 1.807) is 0 Å². The fraction of sp³-hybridized carbons (Fsp3) is 0.750. The molecule has 0 atom stereocenters. The van der Waals surface area contributed by atoms with Crippen molar-refractivity contribution in [2.24, 2.45) is 0 Å². The number of nitrogens with one attached hydrogen (secondary N) is 1. The second-order valence-corrected chi connectivity index (χ2v) is 5.22. The van der Waals surface area contributed by atoms with E-state index in [9.17, 15) is 0 Å². The number of hydrogen-bond donors (Lipinski definition) is 2. The Bertz CT molecular complexity index is 403. The van der Waals surface area contributed by atoms with Gasteiger partial charge < -0.3 is 16.0 Å². The highest BCUT2D eigenvalue weighted by atomic mass is 15.3. The summed E-state index contributed by atoms with van der Waals surface area (Å²) in [4.78, 5) is 2.37. The van der Waals surface area contributed by atoms with Crippen molar-refractivity contribution in [3.8, 4) is 0 Å². The number of rotatable bonds is 1. The zero-order valence-corrected chi connectivity index (χ0v) is 10.4. The molecule has 5 heteroatoms. The maximum absolute atomic E-state index is 6.24. The molecule has 5 nitrogen and oxygen atoms in total. The number of hydrogen-bond acceptors (Lipinski definition) is 4. The summed E-state index contributed by atoms with van der Waals surface area (Å²) in [5.74, 6) is 0.891. The van der Waals surface area contributed by atoms with Gasteiger partial charge in [0.25, 0.3) is 0 Å². The summed E-state index contributed by atoms with van der Waals surface area (Å²) in [6.45, 7) is 4.20. The average Bonchev–Trinajstić information content (AvgIpc) is 2.69. The lowest BCUT2D eigenvalue weighted by molar-refractivity contribution is 0.213. The second-order valence-electron chi connectivity index (χ2n) is 5.22. The number of piperidine rings is 1. The fourth-order valence-electron chi connectivity index (χ4n) is 2.86. The predicted molar refractivity (Wildman–Crippen MR) is 67.8 cm³/mol. The maximum atomic E-state index is 6.24. The van der Waals surface area contributed by atoms with Gasteiger partial charge in [0.1, 0.15) is 5.82 Å². The molecular formula is C12H21N5. The molecule has 0 bridgehead atoms. The molecule has 0 aliphatic carbocycles. The molecule has 0 aromatic carbocycles. The van der Waals surface area contributed by atoms with Crippen LogP contribution >= 0.6 is 0 Å². The van der Waals surface area contributed by atoms with Gasteiger partial charge in [-0.15, -0.1) is 0 Å². The Kier molecular flexibility index (Phi) is 2.80. The summed E-state index contributed by atoms with van der Waals surface area (Å²) in [5, 5.41) is 8.10. The van der Waals surface area contributed by atoms with Gasteiger partial charge in [0.15, 0.2) is 0 Å². The van der Waals surface area contributed by atoms with Crippen molar-refractivity contribution >= 4 is 5.82 Å². The van der Waals surface area contributed by atoms with Crippen molar-refractivity contribution in [3.05, 3.63) is 11.3 Å². The summed E-state index contributed by atoms with van der Waals surface area (Å²) in [5.41, 5.74) is 8.68. The number of nitrogen functional groups attached to an aromatic ring is 1. The van der Waals surface area contributed by atoms with E-state index in [4.69, 9.17) is 10.8 Å². The number of aromatic nitrogens is 2. The lowest BCUT2D eigenvalue weighted by Crippen LogP contribution is -2.32. The Morgan fingerprint density at radius 2 is 2.12 bits per heavy atom. The Morgan fingerprint density at radius 3 is 2.82 bits per heavy atom. The highest BCUT2D eigenvalue weighted by molar-refractivity contribution is 5.45. The molecule has 0 amide bonds. The Morgan fingerprint density at radius 1 is 1.35 bits per heavy atom. The van der Waals surface area contributed by atoms with Crippen LogP contribution in [-0.2, 0) is 13.0 Å². The van der Waals surface area contributed by atoms with Crippen LogP contribution in [0.1, 0.15) is 30.1 Å². The highest BCUT2D eigenvalue weighted by Gasteiger charge is 2.25. The first kappa shape index (κ1) is 11.0. The standard InChI is InChI=1S/C12H21N5/c1-16-6-3-9(4-7-16)17-12(13)10-8-14-5-2-11(10)15-17/h9,14H,2-8,13H2,1H3. The molecular weight excluding hydrogens is 214 g/mol. The molecule has 0 unspecified atom stereocenters. The number of anilines is 1. The first-order valence-corrected chi connectivity index (χ1v) is 6.50. The summed E-state index contributed by atoms with van der Waals surface area (Å²) in [6.07, 6.45) is 3.34. The third kappa shape index (κ3) is 1.93. The third-order valence-corrected chi connectivity index (χ3v) is 4.01. The van der Waals surface area contributed by atoms with Crippen molar-refractivity contribution in [1.29, 1.82) is 0 Å². The van der Waals surface area contributed by atoms with E-state index < -0.39 is 0 Å². The summed E-state index contributed by atoms with van der Waals surface area (Å²) >= 11 is 0. The Labute approximate surface area is 102 Å². The zero-order valence-electron chi connectivity index (χ0n) is 10.4. The molecule has 1 fully saturated rings. The van der Waals surface area contributed by atoms with E-state index >= 15 is 0 Å². The number of nitrogens with zero attached hydrogens (tertiary/aromatic N) is 3. The fourth-order valence-corrected chi connectivity index (χ4v) is 2.86. The minimum atomic E-state index is 0.497. The van der Waals surface area contributed by atoms with Gasteiger partial charge in [-0.05, 0) is 33.0 Å². The first-order chi connectivity index (χ1) is 8.25. The predicted octanol–water partition coefficient (Wildman–Crippen LogP) is 0.378. The highest BCUT2D eigenvalue weighted by Crippen LogP contribution is 2.28. The molecule has 2 aliphatic rings. The quantitative estimate of drug-likeness (QED) is 0.739. The number of nitrogens with two attached hydrogens (primary N) is 1. The van der Waals surface area contributed by atoms with Gasteiger partial charge in [0.2, 0.25) is 0 Å². The maximum Gasteiger partial charge on any atom is 0.126 e. The van der Waals surface area contributed by atoms with Gasteiger partial charge in [0, 0.05) is 25.1 Å². The van der Waals surface area contributed by atoms with Crippen LogP contribution in [0, 0.1) is 0 Å². The van der Waals surface area contributed by atoms with Gasteiger partial charge in [-0.1, -0.05) is 0 Å². The Balaban J connectivity index is 1.85. The van der Waals surface area contributed by atoms with E-state index in [0.717, 1.165) is 51.3 Å². The smallest absolute Gasteiger partial charge is 0.126 e. The van der Waals surface area contributed by atoms with Crippen LogP contribution < -0.4 is 11.1 Å². The van der Waals surface area contributed by atoms with E-state index in [1.807, 2.05) is 0 Å². The van der Waals surface area contributed by atoms with Crippen LogP contribution in [0.3, 0.4) is 0 Å². The molecule has 1 aromatic rings. The van der Waals surface area contributed by atoms with E-state index in [0.29, 0.717) is 6.04 Å². The van der Waals surface area contributed by atoms with Crippen molar-refractivity contribution < 1.29 is 0 Å². The van der Waals surface area contributed by atoms with Crippen molar-refractivity contribution in [2.75, 3.05) is 32.4 Å². The van der Waals surface area contributed by atoms with Crippen molar-refractivity contribution in [2.45, 2.75) is 31.8 Å². The normalized spacial score (nSPS) is 22.6. The van der Waals surface area contributed by atoms with Crippen LogP contribution in [0.5, 0.6) is 0 Å². The van der Waals surface area contributed by atoms with Gasteiger partial charge in [-0.2, -0.15) is 5.10 Å². The molecule has 94 valence electrons. The van der Waals surface area contributed by atoms with Crippen molar-refractivity contribution in [1.82, 2.24) is 20.0 Å². The Hall–Kier alpha value is -1.07. The largest absolute Gasteiger partial charge is 0.384 e. The monoisotopic (exact) mass is 235 g/mol. The molecule has 17 heavy (non-hydrogen) atoms. The van der Waals surface area contributed by atoms with Crippen LogP contribution in [-0.4, -0.2) is 41.4 Å². The second kappa shape index (κ2) is 4.31. The molecule has 1 aromatic heterocycles. The van der Waals surface area contributed by atoms with E-state index in [1.165, 1.54) is 11.3 Å². The molecule has 0 radical (unpaired) electrons. The van der Waals surface area contributed by atoms with E-state index in [-0.39, 0.29) is 0 Å². The lowest BCUT2D eigenvalue weighted by atomic mass is 10.1. The molecule has 0 spiro atoms. The van der Waals surface area contributed by atoms with Crippen LogP contribution in [0.2, 0.25) is 0 Å². The van der Waals surface area contributed by atoms with Crippen LogP contribution in [0.25, 0.3) is 0 Å². The minimum Gasteiger partial charge on any atom is -0.384 e. The SMILES string of the molecule is CN1CCC(n2nc3c(c2N)CNCC3)CC1. The molecule has 3 heterocycles. The molecule has 1 saturated heterocycles. The molecule has 3 N–H and O–H groups in total. The van der Waals surface area contributed by atoms with Crippen LogP contribution in [0.4, 0.5) is 5.82 Å². The van der Waals surface area contributed by atoms with Crippen molar-refractivity contribution in [3.63, 3.8) is 0 Å². The summed E-state index contributed by atoms with van der Waals surface area (Å²) < 4.78 is 2.09. The van der Waals surface area contributed by atoms with Gasteiger partial charge >= 0.3 is 0 Å². The number of fused-ring (bicyclic) bond motifs is 1. The molecule has 2 aliphatic heterocycles. The zero-order chi connectivity index (χ0) is 11.8. The topological polar surface area (TPSA) is 59.1 Å². The van der Waals surface area contributed by atoms with Gasteiger partial charge in [-0.3, -0.25) is 0 Å². The van der Waals surface area contributed by atoms with Gasteiger partial charge in [-0.25, -0.2) is 4.68 Å². The minimum absolute atomic E-state index is 0.497. The number of likely N-dealkylation sites (tertiary alicyclic amines) is 1. The summed E-state index contributed by atoms with van der Waals surface area (Å²) in [6, 6.07) is 0.497. The summed E-state index contributed by atoms with van der Waals surface area (Å²) in [7, 11) is 2.18. The average molecular weight is 235 g/mol. The van der Waals surface area contributed by atoms with Gasteiger partial charge in [0.05, 0.1) is 11.7 Å². The van der Waals surface area contributed by atoms with E-state index in [2.05, 4.69) is 21.9 Å².